The summed E-state index contributed by atoms with van der Waals surface area (Å²) in [6.07, 6.45) is 4.95. The third-order valence-corrected chi connectivity index (χ3v) is 4.45. The van der Waals surface area contributed by atoms with E-state index >= 15 is 0 Å². The van der Waals surface area contributed by atoms with E-state index in [-0.39, 0.29) is 5.91 Å². The van der Waals surface area contributed by atoms with Gasteiger partial charge in [-0.1, -0.05) is 15.9 Å². The highest BCUT2D eigenvalue weighted by Gasteiger charge is 2.17. The molecule has 1 fully saturated rings. The Balaban J connectivity index is 1.68. The number of amides is 1. The van der Waals surface area contributed by atoms with Crippen molar-refractivity contribution in [3.63, 3.8) is 0 Å². The Bertz CT molecular complexity index is 715. The third kappa shape index (κ3) is 3.76. The summed E-state index contributed by atoms with van der Waals surface area (Å²) < 4.78 is 0.915. The molecule has 7 nitrogen and oxygen atoms in total. The van der Waals surface area contributed by atoms with Gasteiger partial charge in [-0.25, -0.2) is 9.97 Å². The Labute approximate surface area is 148 Å². The number of hydrogen-bond acceptors (Lipinski definition) is 6. The van der Waals surface area contributed by atoms with Crippen LogP contribution in [-0.4, -0.2) is 29.0 Å². The second-order valence-electron chi connectivity index (χ2n) is 5.59. The van der Waals surface area contributed by atoms with E-state index in [9.17, 15) is 4.79 Å². The predicted octanol–water partition coefficient (Wildman–Crippen LogP) is 2.57. The third-order valence-electron chi connectivity index (χ3n) is 3.92. The lowest BCUT2D eigenvalue weighted by Crippen LogP contribution is -2.33. The zero-order valence-electron chi connectivity index (χ0n) is 13.1. The molecular formula is C16H19BrN6O. The molecule has 0 atom stereocenters. The molecule has 3 rings (SSSR count). The van der Waals surface area contributed by atoms with Crippen LogP contribution in [0.3, 0.4) is 0 Å². The van der Waals surface area contributed by atoms with Crippen molar-refractivity contribution in [2.24, 2.45) is 0 Å². The van der Waals surface area contributed by atoms with Gasteiger partial charge >= 0.3 is 0 Å². The van der Waals surface area contributed by atoms with Crippen LogP contribution < -0.4 is 21.5 Å². The molecule has 0 aliphatic carbocycles. The minimum atomic E-state index is -0.264. The number of nitrogens with one attached hydrogen (secondary N) is 2. The largest absolute Gasteiger partial charge is 0.393 e. The zero-order valence-corrected chi connectivity index (χ0v) is 14.7. The minimum Gasteiger partial charge on any atom is -0.393 e. The Kier molecular flexibility index (Phi) is 5.14. The van der Waals surface area contributed by atoms with Crippen LogP contribution in [0.2, 0.25) is 0 Å². The van der Waals surface area contributed by atoms with Gasteiger partial charge in [0.1, 0.15) is 12.0 Å². The Morgan fingerprint density at radius 3 is 2.54 bits per heavy atom. The van der Waals surface area contributed by atoms with Crippen molar-refractivity contribution in [1.82, 2.24) is 15.4 Å². The molecule has 24 heavy (non-hydrogen) atoms. The van der Waals surface area contributed by atoms with E-state index in [0.29, 0.717) is 22.9 Å². The number of aromatic nitrogens is 2. The molecule has 1 aliphatic rings. The summed E-state index contributed by atoms with van der Waals surface area (Å²) in [5.41, 5.74) is 12.6. The van der Waals surface area contributed by atoms with Crippen LogP contribution in [0.25, 0.3) is 0 Å². The molecule has 4 N–H and O–H groups in total. The second kappa shape index (κ2) is 7.48. The van der Waals surface area contributed by atoms with Gasteiger partial charge in [0.2, 0.25) is 0 Å². The molecular weight excluding hydrogens is 372 g/mol. The number of nitrogen functional groups attached to an aromatic ring is 1. The first-order valence-electron chi connectivity index (χ1n) is 7.82. The van der Waals surface area contributed by atoms with Crippen molar-refractivity contribution in [2.45, 2.75) is 19.3 Å². The van der Waals surface area contributed by atoms with Crippen LogP contribution in [0, 0.1) is 0 Å². The Morgan fingerprint density at radius 1 is 1.12 bits per heavy atom. The van der Waals surface area contributed by atoms with Gasteiger partial charge in [0.05, 0.1) is 0 Å². The van der Waals surface area contributed by atoms with Gasteiger partial charge in [-0.05, 0) is 43.5 Å². The fraction of sp³-hybridized carbons (Fsp3) is 0.312. The fourth-order valence-corrected chi connectivity index (χ4v) is 2.90. The van der Waals surface area contributed by atoms with Crippen LogP contribution in [0.15, 0.2) is 35.1 Å². The molecule has 0 unspecified atom stereocenters. The SMILES string of the molecule is Nc1c(NNC(=O)c2ccc(Br)cc2)ncnc1N1CCCCC1. The number of carbonyl (C=O) groups is 1. The Hall–Kier alpha value is -2.35. The maximum Gasteiger partial charge on any atom is 0.269 e. The summed E-state index contributed by atoms with van der Waals surface area (Å²) in [4.78, 5) is 22.7. The molecule has 0 spiro atoms. The average molecular weight is 391 g/mol. The lowest BCUT2D eigenvalue weighted by molar-refractivity contribution is 0.0962. The molecule has 126 valence electrons. The normalized spacial score (nSPS) is 14.3. The van der Waals surface area contributed by atoms with E-state index in [1.165, 1.54) is 12.7 Å². The smallest absolute Gasteiger partial charge is 0.269 e. The van der Waals surface area contributed by atoms with E-state index in [1.807, 2.05) is 12.1 Å². The fourth-order valence-electron chi connectivity index (χ4n) is 2.63. The van der Waals surface area contributed by atoms with Crippen LogP contribution in [0.5, 0.6) is 0 Å². The van der Waals surface area contributed by atoms with Crippen LogP contribution in [0.4, 0.5) is 17.3 Å². The molecule has 2 heterocycles. The van der Waals surface area contributed by atoms with E-state index in [1.54, 1.807) is 12.1 Å². The lowest BCUT2D eigenvalue weighted by atomic mass is 10.1. The lowest BCUT2D eigenvalue weighted by Gasteiger charge is -2.28. The van der Waals surface area contributed by atoms with Crippen LogP contribution >= 0.6 is 15.9 Å². The quantitative estimate of drug-likeness (QED) is 0.694. The Morgan fingerprint density at radius 2 is 1.83 bits per heavy atom. The summed E-state index contributed by atoms with van der Waals surface area (Å²) in [6.45, 7) is 1.87. The number of anilines is 3. The molecule has 1 amide bonds. The van der Waals surface area contributed by atoms with Crippen molar-refractivity contribution in [3.05, 3.63) is 40.6 Å². The summed E-state index contributed by atoms with van der Waals surface area (Å²) in [5, 5.41) is 0. The summed E-state index contributed by atoms with van der Waals surface area (Å²) in [7, 11) is 0. The molecule has 1 aliphatic heterocycles. The summed E-state index contributed by atoms with van der Waals surface area (Å²) in [5.74, 6) is 0.848. The topological polar surface area (TPSA) is 96.2 Å². The van der Waals surface area contributed by atoms with Gasteiger partial charge < -0.3 is 10.6 Å². The standard InChI is InChI=1S/C16H19BrN6O/c17-12-6-4-11(5-7-12)16(24)22-21-14-13(18)15(20-10-19-14)23-8-2-1-3-9-23/h4-7,10H,1-3,8-9,18H2,(H,22,24)(H,19,20,21). The van der Waals surface area contributed by atoms with E-state index in [2.05, 4.69) is 41.6 Å². The highest BCUT2D eigenvalue weighted by Crippen LogP contribution is 2.27. The number of hydrazine groups is 1. The van der Waals surface area contributed by atoms with E-state index < -0.39 is 0 Å². The maximum atomic E-state index is 12.1. The van der Waals surface area contributed by atoms with Gasteiger partial charge in [-0.2, -0.15) is 0 Å². The molecule has 0 radical (unpaired) electrons. The van der Waals surface area contributed by atoms with Crippen molar-refractivity contribution in [3.8, 4) is 0 Å². The number of nitrogens with two attached hydrogens (primary N) is 1. The molecule has 8 heteroatoms. The van der Waals surface area contributed by atoms with Crippen molar-refractivity contribution >= 4 is 39.2 Å². The van der Waals surface area contributed by atoms with Gasteiger partial charge in [0.25, 0.3) is 5.91 Å². The molecule has 2 aromatic rings. The van der Waals surface area contributed by atoms with Gasteiger partial charge in [-0.3, -0.25) is 15.6 Å². The molecule has 1 saturated heterocycles. The first-order valence-corrected chi connectivity index (χ1v) is 8.62. The first-order chi connectivity index (χ1) is 11.6. The predicted molar refractivity (Wildman–Crippen MR) is 97.7 cm³/mol. The van der Waals surface area contributed by atoms with Gasteiger partial charge in [0.15, 0.2) is 11.6 Å². The zero-order chi connectivity index (χ0) is 16.9. The molecule has 0 bridgehead atoms. The highest BCUT2D eigenvalue weighted by molar-refractivity contribution is 9.10. The molecule has 1 aromatic carbocycles. The second-order valence-corrected chi connectivity index (χ2v) is 6.51. The van der Waals surface area contributed by atoms with Crippen molar-refractivity contribution in [2.75, 3.05) is 29.1 Å². The first kappa shape index (κ1) is 16.5. The number of benzene rings is 1. The number of carbonyl (C=O) groups excluding carboxylic acids is 1. The number of piperidine rings is 1. The van der Waals surface area contributed by atoms with Crippen molar-refractivity contribution < 1.29 is 4.79 Å². The number of nitrogens with zero attached hydrogens (tertiary/aromatic N) is 3. The minimum absolute atomic E-state index is 0.264. The average Bonchev–Trinajstić information content (AvgIpc) is 2.62. The monoisotopic (exact) mass is 390 g/mol. The highest BCUT2D eigenvalue weighted by atomic mass is 79.9. The van der Waals surface area contributed by atoms with Gasteiger partial charge in [-0.15, -0.1) is 0 Å². The van der Waals surface area contributed by atoms with E-state index in [0.717, 1.165) is 30.4 Å². The number of rotatable bonds is 4. The summed E-state index contributed by atoms with van der Waals surface area (Å²) in [6, 6.07) is 7.07. The van der Waals surface area contributed by atoms with Crippen LogP contribution in [0.1, 0.15) is 29.6 Å². The maximum absolute atomic E-state index is 12.1. The van der Waals surface area contributed by atoms with Gasteiger partial charge in [0, 0.05) is 23.1 Å². The molecule has 0 saturated carbocycles. The number of hydrogen-bond donors (Lipinski definition) is 3. The van der Waals surface area contributed by atoms with E-state index in [4.69, 9.17) is 5.73 Å². The molecule has 1 aromatic heterocycles. The summed E-state index contributed by atoms with van der Waals surface area (Å²) >= 11 is 3.34. The van der Waals surface area contributed by atoms with Crippen LogP contribution in [-0.2, 0) is 0 Å². The number of halogens is 1. The van der Waals surface area contributed by atoms with Crippen molar-refractivity contribution in [1.29, 1.82) is 0 Å².